The molecule has 0 unspecified atom stereocenters. The van der Waals surface area contributed by atoms with Gasteiger partial charge in [0.2, 0.25) is 15.9 Å². The van der Waals surface area contributed by atoms with Crippen molar-refractivity contribution in [3.05, 3.63) is 59.7 Å². The van der Waals surface area contributed by atoms with Gasteiger partial charge in [0.05, 0.1) is 17.0 Å². The van der Waals surface area contributed by atoms with Crippen molar-refractivity contribution in [1.82, 2.24) is 14.5 Å². The lowest BCUT2D eigenvalue weighted by Crippen LogP contribution is -2.37. The van der Waals surface area contributed by atoms with E-state index in [1.807, 2.05) is 20.2 Å². The van der Waals surface area contributed by atoms with Gasteiger partial charge in [-0.25, -0.2) is 8.42 Å². The van der Waals surface area contributed by atoms with Crippen molar-refractivity contribution in [3.63, 3.8) is 0 Å². The van der Waals surface area contributed by atoms with E-state index in [2.05, 4.69) is 10.6 Å². The van der Waals surface area contributed by atoms with Crippen LogP contribution in [0.1, 0.15) is 35.2 Å². The molecule has 0 aromatic heterocycles. The number of carbonyl (C=O) groups excluding carboxylic acids is 2. The van der Waals surface area contributed by atoms with Crippen LogP contribution in [0.2, 0.25) is 0 Å². The van der Waals surface area contributed by atoms with Crippen molar-refractivity contribution < 1.29 is 18.0 Å². The molecule has 32 heavy (non-hydrogen) atoms. The van der Waals surface area contributed by atoms with Gasteiger partial charge in [-0.15, -0.1) is 0 Å². The molecule has 0 spiro atoms. The second-order valence-electron chi connectivity index (χ2n) is 8.13. The third-order valence-electron chi connectivity index (χ3n) is 5.19. The van der Waals surface area contributed by atoms with Crippen LogP contribution in [0.25, 0.3) is 0 Å². The average molecular weight is 459 g/mol. The van der Waals surface area contributed by atoms with Gasteiger partial charge in [-0.2, -0.15) is 4.31 Å². The summed E-state index contributed by atoms with van der Waals surface area (Å²) in [7, 11) is -0.101. The highest BCUT2D eigenvalue weighted by molar-refractivity contribution is 7.89. The Kier molecular flexibility index (Phi) is 8.00. The molecule has 1 aliphatic rings. The third-order valence-corrected chi connectivity index (χ3v) is 7.14. The fourth-order valence-corrected chi connectivity index (χ4v) is 5.35. The number of carbonyl (C=O) groups is 2. The number of piperidine rings is 1. The number of anilines is 1. The van der Waals surface area contributed by atoms with Crippen LogP contribution in [-0.2, 0) is 21.4 Å². The van der Waals surface area contributed by atoms with E-state index in [1.165, 1.54) is 16.4 Å². The maximum atomic E-state index is 13.1. The number of likely N-dealkylation sites (N-methyl/N-ethyl adjacent to an activating group) is 1. The van der Waals surface area contributed by atoms with Gasteiger partial charge in [-0.05, 0) is 56.8 Å². The Balaban J connectivity index is 1.70. The van der Waals surface area contributed by atoms with E-state index in [0.717, 1.165) is 24.8 Å². The number of nitrogens with one attached hydrogen (secondary N) is 2. The van der Waals surface area contributed by atoms with Crippen LogP contribution in [0.5, 0.6) is 0 Å². The van der Waals surface area contributed by atoms with Crippen LogP contribution in [0, 0.1) is 0 Å². The zero-order valence-electron chi connectivity index (χ0n) is 18.5. The summed E-state index contributed by atoms with van der Waals surface area (Å²) in [6.07, 6.45) is 2.67. The molecule has 1 saturated heterocycles. The Morgan fingerprint density at radius 3 is 2.44 bits per heavy atom. The minimum Gasteiger partial charge on any atom is -0.348 e. The van der Waals surface area contributed by atoms with Crippen LogP contribution in [0.4, 0.5) is 5.69 Å². The molecule has 2 amide bonds. The van der Waals surface area contributed by atoms with Crippen molar-refractivity contribution in [2.45, 2.75) is 30.7 Å². The topological polar surface area (TPSA) is 98.8 Å². The predicted octanol–water partition coefficient (Wildman–Crippen LogP) is 2.29. The number of hydrogen-bond donors (Lipinski definition) is 2. The third kappa shape index (κ3) is 6.15. The van der Waals surface area contributed by atoms with Gasteiger partial charge < -0.3 is 15.5 Å². The Labute approximate surface area is 189 Å². The summed E-state index contributed by atoms with van der Waals surface area (Å²) in [5.41, 5.74) is 1.56. The lowest BCUT2D eigenvalue weighted by atomic mass is 10.1. The van der Waals surface area contributed by atoms with Crippen LogP contribution in [-0.4, -0.2) is 63.2 Å². The molecule has 1 heterocycles. The summed E-state index contributed by atoms with van der Waals surface area (Å²) in [5.74, 6) is -0.587. The number of benzene rings is 2. The van der Waals surface area contributed by atoms with E-state index >= 15 is 0 Å². The summed E-state index contributed by atoms with van der Waals surface area (Å²) >= 11 is 0. The smallest absolute Gasteiger partial charge is 0.252 e. The molecule has 0 saturated carbocycles. The minimum atomic E-state index is -3.73. The lowest BCUT2D eigenvalue weighted by Gasteiger charge is -2.26. The molecular formula is C23H30N4O4S. The van der Waals surface area contributed by atoms with E-state index in [4.69, 9.17) is 0 Å². The minimum absolute atomic E-state index is 0.0316. The molecule has 8 nitrogen and oxygen atoms in total. The molecule has 0 bridgehead atoms. The van der Waals surface area contributed by atoms with Gasteiger partial charge in [0.25, 0.3) is 5.91 Å². The molecule has 2 aromatic carbocycles. The van der Waals surface area contributed by atoms with Crippen molar-refractivity contribution in [3.8, 4) is 0 Å². The van der Waals surface area contributed by atoms with Crippen molar-refractivity contribution in [2.24, 2.45) is 0 Å². The Morgan fingerprint density at radius 1 is 1.00 bits per heavy atom. The molecular weight excluding hydrogens is 428 g/mol. The van der Waals surface area contributed by atoms with E-state index < -0.39 is 15.9 Å². The largest absolute Gasteiger partial charge is 0.348 e. The fraction of sp³-hybridized carbons (Fsp3) is 0.391. The van der Waals surface area contributed by atoms with Crippen LogP contribution in [0.15, 0.2) is 53.4 Å². The normalized spacial score (nSPS) is 14.8. The predicted molar refractivity (Wildman–Crippen MR) is 124 cm³/mol. The monoisotopic (exact) mass is 458 g/mol. The number of nitrogens with zero attached hydrogens (tertiary/aromatic N) is 2. The molecule has 172 valence electrons. The van der Waals surface area contributed by atoms with Gasteiger partial charge >= 0.3 is 0 Å². The number of sulfonamides is 1. The highest BCUT2D eigenvalue weighted by Gasteiger charge is 2.29. The van der Waals surface area contributed by atoms with Gasteiger partial charge in [0.1, 0.15) is 0 Å². The summed E-state index contributed by atoms with van der Waals surface area (Å²) < 4.78 is 27.7. The van der Waals surface area contributed by atoms with Crippen molar-refractivity contribution in [1.29, 1.82) is 0 Å². The van der Waals surface area contributed by atoms with E-state index in [0.29, 0.717) is 18.8 Å². The zero-order valence-corrected chi connectivity index (χ0v) is 19.3. The second-order valence-corrected chi connectivity index (χ2v) is 10.0. The molecule has 9 heteroatoms. The van der Waals surface area contributed by atoms with Crippen LogP contribution < -0.4 is 10.6 Å². The highest BCUT2D eigenvalue weighted by Crippen LogP contribution is 2.23. The first-order valence-electron chi connectivity index (χ1n) is 10.7. The maximum absolute atomic E-state index is 13.1. The number of amides is 2. The van der Waals surface area contributed by atoms with Crippen molar-refractivity contribution >= 4 is 27.5 Å². The lowest BCUT2D eigenvalue weighted by molar-refractivity contribution is -0.116. The summed E-state index contributed by atoms with van der Waals surface area (Å²) in [6, 6.07) is 13.5. The number of rotatable bonds is 8. The van der Waals surface area contributed by atoms with Gasteiger partial charge in [0.15, 0.2) is 0 Å². The van der Waals surface area contributed by atoms with Crippen LogP contribution >= 0.6 is 0 Å². The molecule has 1 fully saturated rings. The molecule has 0 atom stereocenters. The average Bonchev–Trinajstić information content (AvgIpc) is 2.77. The molecule has 2 N–H and O–H groups in total. The summed E-state index contributed by atoms with van der Waals surface area (Å²) in [4.78, 5) is 26.7. The summed E-state index contributed by atoms with van der Waals surface area (Å²) in [5, 5.41) is 5.62. The van der Waals surface area contributed by atoms with Gasteiger partial charge in [-0.3, -0.25) is 9.59 Å². The first kappa shape index (κ1) is 23.9. The first-order chi connectivity index (χ1) is 15.3. The van der Waals surface area contributed by atoms with Crippen molar-refractivity contribution in [2.75, 3.05) is 39.0 Å². The van der Waals surface area contributed by atoms with E-state index in [-0.39, 0.29) is 29.5 Å². The van der Waals surface area contributed by atoms with Gasteiger partial charge in [-0.1, -0.05) is 30.7 Å². The summed E-state index contributed by atoms with van der Waals surface area (Å²) in [6.45, 7) is 1.42. The molecule has 0 aliphatic carbocycles. The standard InChI is InChI=1S/C23H30N4O4S/c1-26(2)17-22(28)25-19-10-8-9-18(15-19)16-24-23(29)20-11-4-5-12-21(20)32(30,31)27-13-6-3-7-14-27/h4-5,8-12,15H,3,6-7,13-14,16-17H2,1-2H3,(H,24,29)(H,25,28). The quantitative estimate of drug-likeness (QED) is 0.632. The van der Waals surface area contributed by atoms with E-state index in [1.54, 1.807) is 35.2 Å². The Bertz CT molecular complexity index is 1060. The molecule has 0 radical (unpaired) electrons. The SMILES string of the molecule is CN(C)CC(=O)Nc1cccc(CNC(=O)c2ccccc2S(=O)(=O)N2CCCCC2)c1. The highest BCUT2D eigenvalue weighted by atomic mass is 32.2. The fourth-order valence-electron chi connectivity index (χ4n) is 3.65. The first-order valence-corrected chi connectivity index (χ1v) is 12.1. The number of hydrogen-bond acceptors (Lipinski definition) is 5. The Hall–Kier alpha value is -2.75. The zero-order chi connectivity index (χ0) is 23.1. The van der Waals surface area contributed by atoms with E-state index in [9.17, 15) is 18.0 Å². The second kappa shape index (κ2) is 10.7. The van der Waals surface area contributed by atoms with Gasteiger partial charge in [0, 0.05) is 25.3 Å². The molecule has 2 aromatic rings. The maximum Gasteiger partial charge on any atom is 0.252 e. The van der Waals surface area contributed by atoms with Crippen LogP contribution in [0.3, 0.4) is 0 Å². The molecule has 3 rings (SSSR count). The Morgan fingerprint density at radius 2 is 1.72 bits per heavy atom. The molecule has 1 aliphatic heterocycles.